The molecule has 1 aromatic rings. The number of nitrogens with zero attached hydrogens (tertiary/aromatic N) is 1. The second-order valence-electron chi connectivity index (χ2n) is 4.88. The number of nitrogens with one attached hydrogen (secondary N) is 1. The number of alkyl halides is 1. The van der Waals surface area contributed by atoms with Gasteiger partial charge in [0.25, 0.3) is 0 Å². The van der Waals surface area contributed by atoms with Crippen molar-refractivity contribution < 1.29 is 19.1 Å². The lowest BCUT2D eigenvalue weighted by Gasteiger charge is -2.33. The average molecular weight is 381 g/mol. The smallest absolute Gasteiger partial charge is 0.338 e. The standard InChI is InChI=1S/C16H17BrN2O4/c1-3-23-15(21)13-10(2)18-16(22)19(12(20)9-17)14(13)11-7-5-4-6-8-11/h4-8,10H,3,9H2,1-2H3,(H,18,22). The van der Waals surface area contributed by atoms with Crippen LogP contribution in [-0.4, -0.2) is 40.8 Å². The van der Waals surface area contributed by atoms with Gasteiger partial charge >= 0.3 is 12.0 Å². The Balaban J connectivity index is 2.69. The van der Waals surface area contributed by atoms with Crippen LogP contribution in [0.1, 0.15) is 19.4 Å². The lowest BCUT2D eigenvalue weighted by atomic mass is 9.97. The number of carbonyl (C=O) groups excluding carboxylic acids is 3. The monoisotopic (exact) mass is 380 g/mol. The molecule has 6 nitrogen and oxygen atoms in total. The summed E-state index contributed by atoms with van der Waals surface area (Å²) in [5.74, 6) is -1.01. The maximum atomic E-state index is 12.4. The zero-order valence-electron chi connectivity index (χ0n) is 12.8. The molecule has 0 radical (unpaired) electrons. The van der Waals surface area contributed by atoms with Crippen molar-refractivity contribution in [2.45, 2.75) is 19.9 Å². The third-order valence-corrected chi connectivity index (χ3v) is 3.84. The van der Waals surface area contributed by atoms with Crippen molar-refractivity contribution in [1.82, 2.24) is 10.2 Å². The largest absolute Gasteiger partial charge is 0.463 e. The Morgan fingerprint density at radius 1 is 1.30 bits per heavy atom. The molecule has 122 valence electrons. The Morgan fingerprint density at radius 2 is 1.96 bits per heavy atom. The van der Waals surface area contributed by atoms with Crippen molar-refractivity contribution in [2.24, 2.45) is 0 Å². The summed E-state index contributed by atoms with van der Waals surface area (Å²) in [6.45, 7) is 3.59. The van der Waals surface area contributed by atoms with E-state index in [4.69, 9.17) is 4.74 Å². The van der Waals surface area contributed by atoms with Gasteiger partial charge in [-0.05, 0) is 19.4 Å². The molecule has 0 spiro atoms. The summed E-state index contributed by atoms with van der Waals surface area (Å²) in [7, 11) is 0. The van der Waals surface area contributed by atoms with Crippen LogP contribution in [0.3, 0.4) is 0 Å². The predicted molar refractivity (Wildman–Crippen MR) is 88.6 cm³/mol. The molecule has 2 rings (SSSR count). The number of hydrogen-bond donors (Lipinski definition) is 1. The van der Waals surface area contributed by atoms with E-state index < -0.39 is 23.9 Å². The molecule has 0 saturated heterocycles. The molecule has 0 saturated carbocycles. The fourth-order valence-corrected chi connectivity index (χ4v) is 2.66. The van der Waals surface area contributed by atoms with E-state index in [-0.39, 0.29) is 23.2 Å². The van der Waals surface area contributed by atoms with E-state index >= 15 is 0 Å². The van der Waals surface area contributed by atoms with Gasteiger partial charge in [0.2, 0.25) is 5.91 Å². The molecule has 0 fully saturated rings. The summed E-state index contributed by atoms with van der Waals surface area (Å²) in [5.41, 5.74) is 1.13. The van der Waals surface area contributed by atoms with E-state index in [2.05, 4.69) is 21.2 Å². The van der Waals surface area contributed by atoms with Crippen molar-refractivity contribution >= 4 is 39.5 Å². The normalized spacial score (nSPS) is 17.8. The van der Waals surface area contributed by atoms with Gasteiger partial charge in [-0.1, -0.05) is 46.3 Å². The number of carbonyl (C=O) groups is 3. The Labute approximate surface area is 142 Å². The Kier molecular flexibility index (Phi) is 5.54. The maximum absolute atomic E-state index is 12.4. The van der Waals surface area contributed by atoms with Crippen LogP contribution < -0.4 is 5.32 Å². The van der Waals surface area contributed by atoms with Crippen LogP contribution >= 0.6 is 15.9 Å². The van der Waals surface area contributed by atoms with Gasteiger partial charge in [0.05, 0.1) is 29.2 Å². The number of halogens is 1. The van der Waals surface area contributed by atoms with Gasteiger partial charge in [-0.25, -0.2) is 14.5 Å². The molecule has 1 aliphatic heterocycles. The van der Waals surface area contributed by atoms with Gasteiger partial charge in [0.15, 0.2) is 0 Å². The summed E-state index contributed by atoms with van der Waals surface area (Å²) in [4.78, 5) is 37.9. The molecule has 1 atom stereocenters. The zero-order chi connectivity index (χ0) is 17.0. The number of urea groups is 1. The van der Waals surface area contributed by atoms with Crippen LogP contribution in [0.25, 0.3) is 5.70 Å². The van der Waals surface area contributed by atoms with Gasteiger partial charge in [-0.3, -0.25) is 4.79 Å². The van der Waals surface area contributed by atoms with Gasteiger partial charge in [0, 0.05) is 0 Å². The van der Waals surface area contributed by atoms with Crippen molar-refractivity contribution in [3.63, 3.8) is 0 Å². The maximum Gasteiger partial charge on any atom is 0.338 e. The number of benzene rings is 1. The highest BCUT2D eigenvalue weighted by molar-refractivity contribution is 9.09. The minimum Gasteiger partial charge on any atom is -0.463 e. The highest BCUT2D eigenvalue weighted by Gasteiger charge is 2.38. The van der Waals surface area contributed by atoms with E-state index in [0.717, 1.165) is 4.90 Å². The van der Waals surface area contributed by atoms with Crippen LogP contribution in [0.4, 0.5) is 4.79 Å². The Hall–Kier alpha value is -2.15. The summed E-state index contributed by atoms with van der Waals surface area (Å²) in [5, 5.41) is 2.58. The number of ether oxygens (including phenoxy) is 1. The van der Waals surface area contributed by atoms with Crippen LogP contribution in [-0.2, 0) is 14.3 Å². The van der Waals surface area contributed by atoms with Crippen molar-refractivity contribution in [3.8, 4) is 0 Å². The molecule has 23 heavy (non-hydrogen) atoms. The lowest BCUT2D eigenvalue weighted by molar-refractivity contribution is -0.138. The molecule has 3 amide bonds. The molecular formula is C16H17BrN2O4. The van der Waals surface area contributed by atoms with E-state index in [1.165, 1.54) is 0 Å². The number of hydrogen-bond acceptors (Lipinski definition) is 4. The minimum absolute atomic E-state index is 0.0404. The number of esters is 1. The van der Waals surface area contributed by atoms with Gasteiger partial charge < -0.3 is 10.1 Å². The van der Waals surface area contributed by atoms with Gasteiger partial charge in [0.1, 0.15) is 0 Å². The first-order valence-electron chi connectivity index (χ1n) is 7.17. The Morgan fingerprint density at radius 3 is 2.52 bits per heavy atom. The molecule has 1 unspecified atom stereocenters. The fraction of sp³-hybridized carbons (Fsp3) is 0.312. The summed E-state index contributed by atoms with van der Waals surface area (Å²) < 4.78 is 5.10. The van der Waals surface area contributed by atoms with E-state index in [9.17, 15) is 14.4 Å². The summed E-state index contributed by atoms with van der Waals surface area (Å²) in [6, 6.07) is 7.74. The quantitative estimate of drug-likeness (QED) is 0.642. The third-order valence-electron chi connectivity index (χ3n) is 3.36. The second kappa shape index (κ2) is 7.41. The molecule has 7 heteroatoms. The highest BCUT2D eigenvalue weighted by atomic mass is 79.9. The highest BCUT2D eigenvalue weighted by Crippen LogP contribution is 2.30. The first-order chi connectivity index (χ1) is 11.0. The Bertz CT molecular complexity index is 657. The molecule has 1 N–H and O–H groups in total. The van der Waals surface area contributed by atoms with Gasteiger partial charge in [-0.15, -0.1) is 0 Å². The fourth-order valence-electron chi connectivity index (χ4n) is 2.41. The van der Waals surface area contributed by atoms with Crippen molar-refractivity contribution in [3.05, 3.63) is 41.5 Å². The van der Waals surface area contributed by atoms with Crippen molar-refractivity contribution in [2.75, 3.05) is 11.9 Å². The minimum atomic E-state index is -0.561. The molecular weight excluding hydrogens is 364 g/mol. The SMILES string of the molecule is CCOC(=O)C1=C(c2ccccc2)N(C(=O)CBr)C(=O)NC1C. The van der Waals surface area contributed by atoms with E-state index in [1.807, 2.05) is 6.07 Å². The van der Waals surface area contributed by atoms with Gasteiger partial charge in [-0.2, -0.15) is 0 Å². The zero-order valence-corrected chi connectivity index (χ0v) is 14.4. The number of amides is 3. The van der Waals surface area contributed by atoms with E-state index in [0.29, 0.717) is 5.56 Å². The molecule has 0 aromatic heterocycles. The molecule has 0 aliphatic carbocycles. The number of rotatable bonds is 4. The van der Waals surface area contributed by atoms with Crippen LogP contribution in [0.5, 0.6) is 0 Å². The predicted octanol–water partition coefficient (Wildman–Crippen LogP) is 2.30. The first kappa shape index (κ1) is 17.2. The van der Waals surface area contributed by atoms with E-state index in [1.54, 1.807) is 38.1 Å². The second-order valence-corrected chi connectivity index (χ2v) is 5.44. The lowest BCUT2D eigenvalue weighted by Crippen LogP contribution is -2.53. The molecule has 0 bridgehead atoms. The topological polar surface area (TPSA) is 75.7 Å². The first-order valence-corrected chi connectivity index (χ1v) is 8.29. The molecule has 1 aliphatic rings. The van der Waals surface area contributed by atoms with Crippen LogP contribution in [0, 0.1) is 0 Å². The summed E-state index contributed by atoms with van der Waals surface area (Å²) >= 11 is 3.07. The molecule has 1 aromatic carbocycles. The number of imide groups is 1. The third kappa shape index (κ3) is 3.44. The molecule has 1 heterocycles. The van der Waals surface area contributed by atoms with Crippen LogP contribution in [0.2, 0.25) is 0 Å². The average Bonchev–Trinajstić information content (AvgIpc) is 2.54. The van der Waals surface area contributed by atoms with Crippen molar-refractivity contribution in [1.29, 1.82) is 0 Å². The van der Waals surface area contributed by atoms with Crippen LogP contribution in [0.15, 0.2) is 35.9 Å². The summed E-state index contributed by atoms with van der Waals surface area (Å²) in [6.07, 6.45) is 0.